The van der Waals surface area contributed by atoms with Crippen LogP contribution in [0.2, 0.25) is 0 Å². The Morgan fingerprint density at radius 2 is 1.19 bits per heavy atom. The van der Waals surface area contributed by atoms with E-state index < -0.39 is 47.8 Å². The van der Waals surface area contributed by atoms with Crippen LogP contribution in [0.3, 0.4) is 0 Å². The maximum absolute atomic E-state index is 12.7. The lowest BCUT2D eigenvalue weighted by atomic mass is 10.0. The molecule has 2 aromatic heterocycles. The number of aromatic nitrogens is 2. The van der Waals surface area contributed by atoms with E-state index in [0.717, 1.165) is 4.90 Å². The summed E-state index contributed by atoms with van der Waals surface area (Å²) in [5.74, 6) is -3.77. The summed E-state index contributed by atoms with van der Waals surface area (Å²) < 4.78 is 80.3. The molecule has 0 aliphatic carbocycles. The maximum Gasteiger partial charge on any atom is 0.471 e. The first kappa shape index (κ1) is 42.4. The Kier molecular flexibility index (Phi) is 14.9. The number of anilines is 2. The first-order chi connectivity index (χ1) is 24.7. The monoisotopic (exact) mass is 760 g/mol. The molecule has 0 atom stereocenters. The summed E-state index contributed by atoms with van der Waals surface area (Å²) >= 11 is 0. The minimum Gasteiger partial charge on any atom is -0.444 e. The normalized spacial score (nSPS) is 15.8. The highest BCUT2D eigenvalue weighted by Gasteiger charge is 2.45. The first-order valence-electron chi connectivity index (χ1n) is 16.6. The summed E-state index contributed by atoms with van der Waals surface area (Å²) in [5, 5.41) is 8.15. The van der Waals surface area contributed by atoms with E-state index in [1.54, 1.807) is 63.4 Å². The molecule has 0 radical (unpaired) electrons. The van der Waals surface area contributed by atoms with E-state index in [0.29, 0.717) is 29.4 Å². The number of halogens is 6. The molecular weight excluding hydrogens is 718 g/mol. The van der Waals surface area contributed by atoms with Gasteiger partial charge in [0.25, 0.3) is 0 Å². The number of pyridine rings is 2. The van der Waals surface area contributed by atoms with Crippen molar-refractivity contribution in [2.24, 2.45) is 0 Å². The van der Waals surface area contributed by atoms with Gasteiger partial charge in [-0.3, -0.25) is 24.1 Å². The molecular formula is C33H42F6N8O6. The zero-order chi connectivity index (χ0) is 39.4. The number of hydrogen-bond donors (Lipinski definition) is 3. The largest absolute Gasteiger partial charge is 0.471 e. The number of alkyl halides is 6. The zero-order valence-electron chi connectivity index (χ0n) is 29.3. The van der Waals surface area contributed by atoms with Crippen molar-refractivity contribution in [3.63, 3.8) is 0 Å². The summed E-state index contributed by atoms with van der Waals surface area (Å²) in [6, 6.07) is 9.41. The molecule has 5 amide bonds. The fourth-order valence-corrected chi connectivity index (χ4v) is 5.32. The number of hydrogen-bond acceptors (Lipinski definition) is 9. The van der Waals surface area contributed by atoms with E-state index in [4.69, 9.17) is 4.74 Å². The quantitative estimate of drug-likeness (QED) is 0.338. The van der Waals surface area contributed by atoms with Gasteiger partial charge in [0.05, 0.1) is 6.54 Å². The number of rotatable bonds is 8. The van der Waals surface area contributed by atoms with Crippen LogP contribution in [-0.2, 0) is 23.9 Å². The molecule has 2 aliphatic rings. The second-order valence-corrected chi connectivity index (χ2v) is 13.1. The molecule has 3 N–H and O–H groups in total. The first-order valence-corrected chi connectivity index (χ1v) is 16.6. The van der Waals surface area contributed by atoms with E-state index in [1.807, 2.05) is 0 Å². The van der Waals surface area contributed by atoms with Gasteiger partial charge >= 0.3 is 30.3 Å². The number of amides is 5. The van der Waals surface area contributed by atoms with Gasteiger partial charge in [0.1, 0.15) is 23.8 Å². The summed E-state index contributed by atoms with van der Waals surface area (Å²) in [7, 11) is 0. The van der Waals surface area contributed by atoms with Crippen molar-refractivity contribution in [3.05, 3.63) is 48.8 Å². The number of carbonyl (C=O) groups is 5. The molecule has 53 heavy (non-hydrogen) atoms. The van der Waals surface area contributed by atoms with Crippen molar-refractivity contribution < 1.29 is 55.1 Å². The third-order valence-corrected chi connectivity index (χ3v) is 7.82. The Balaban J connectivity index is 0.000000295. The molecule has 0 bridgehead atoms. The van der Waals surface area contributed by atoms with Crippen LogP contribution in [0, 0.1) is 0 Å². The molecule has 0 aromatic carbocycles. The Morgan fingerprint density at radius 3 is 1.60 bits per heavy atom. The van der Waals surface area contributed by atoms with Gasteiger partial charge in [-0.25, -0.2) is 14.8 Å². The molecule has 292 valence electrons. The van der Waals surface area contributed by atoms with Crippen molar-refractivity contribution in [2.45, 2.75) is 76.5 Å². The van der Waals surface area contributed by atoms with E-state index in [2.05, 4.69) is 25.9 Å². The Bertz CT molecular complexity index is 1530. The fourth-order valence-electron chi connectivity index (χ4n) is 5.32. The van der Waals surface area contributed by atoms with Gasteiger partial charge in [0.15, 0.2) is 0 Å². The van der Waals surface area contributed by atoms with Crippen LogP contribution >= 0.6 is 0 Å². The smallest absolute Gasteiger partial charge is 0.444 e. The highest BCUT2D eigenvalue weighted by Crippen LogP contribution is 2.25. The summed E-state index contributed by atoms with van der Waals surface area (Å²) in [6.07, 6.45) is -6.54. The van der Waals surface area contributed by atoms with Crippen LogP contribution in [0.25, 0.3) is 0 Å². The van der Waals surface area contributed by atoms with E-state index in [-0.39, 0.29) is 64.1 Å². The third-order valence-electron chi connectivity index (χ3n) is 7.82. The van der Waals surface area contributed by atoms with Gasteiger partial charge < -0.3 is 30.5 Å². The molecule has 4 rings (SSSR count). The lowest BCUT2D eigenvalue weighted by Crippen LogP contribution is -2.53. The molecule has 0 unspecified atom stereocenters. The number of likely N-dealkylation sites (tertiary alicyclic amines) is 2. The van der Waals surface area contributed by atoms with Gasteiger partial charge in [0.2, 0.25) is 11.8 Å². The Labute approximate surface area is 301 Å². The summed E-state index contributed by atoms with van der Waals surface area (Å²) in [6.45, 7) is 4.38. The predicted molar refractivity (Wildman–Crippen MR) is 178 cm³/mol. The molecule has 2 aliphatic heterocycles. The summed E-state index contributed by atoms with van der Waals surface area (Å²) in [4.78, 5) is 70.0. The van der Waals surface area contributed by atoms with Crippen LogP contribution in [0.4, 0.5) is 42.8 Å². The lowest BCUT2D eigenvalue weighted by molar-refractivity contribution is -0.186. The molecule has 0 saturated carbocycles. The number of piperidine rings is 2. The van der Waals surface area contributed by atoms with Gasteiger partial charge in [-0.15, -0.1) is 0 Å². The average molecular weight is 761 g/mol. The molecule has 2 aromatic rings. The maximum atomic E-state index is 12.7. The van der Waals surface area contributed by atoms with Gasteiger partial charge in [0, 0.05) is 50.7 Å². The second-order valence-electron chi connectivity index (χ2n) is 13.1. The predicted octanol–water partition coefficient (Wildman–Crippen LogP) is 3.97. The molecule has 2 fully saturated rings. The molecule has 0 spiro atoms. The topological polar surface area (TPSA) is 166 Å². The van der Waals surface area contributed by atoms with Crippen LogP contribution in [0.15, 0.2) is 48.8 Å². The SMILES string of the molecule is CC(C)(C)OC(=O)N(CC(=O)Nc1ccccn1)C1CCN(C(=O)C(F)(F)F)CC1.O=C(CNC1CCN(C(=O)C(F)(F)F)CC1)Nc1ccccn1. The van der Waals surface area contributed by atoms with Gasteiger partial charge in [-0.1, -0.05) is 12.1 Å². The van der Waals surface area contributed by atoms with E-state index >= 15 is 0 Å². The van der Waals surface area contributed by atoms with Crippen LogP contribution in [0.1, 0.15) is 46.5 Å². The highest BCUT2D eigenvalue weighted by molar-refractivity contribution is 5.93. The Morgan fingerprint density at radius 1 is 0.736 bits per heavy atom. The van der Waals surface area contributed by atoms with Crippen molar-refractivity contribution in [2.75, 3.05) is 49.9 Å². The lowest BCUT2D eigenvalue weighted by Gasteiger charge is -2.38. The van der Waals surface area contributed by atoms with Crippen LogP contribution in [0.5, 0.6) is 0 Å². The number of nitrogens with one attached hydrogen (secondary N) is 3. The van der Waals surface area contributed by atoms with Crippen molar-refractivity contribution in [1.82, 2.24) is 30.0 Å². The van der Waals surface area contributed by atoms with E-state index in [1.165, 1.54) is 11.1 Å². The molecule has 14 nitrogen and oxygen atoms in total. The summed E-state index contributed by atoms with van der Waals surface area (Å²) in [5.41, 5.74) is -0.820. The van der Waals surface area contributed by atoms with Crippen LogP contribution in [-0.4, -0.2) is 124 Å². The standard InChI is InChI=1S/C19H25F3N4O4.C14H17F3N4O2/c1-18(2,3)30-17(29)26(12-15(27)24-14-6-4-5-9-23-14)13-7-10-25(11-8-13)16(28)19(20,21)22;15-14(16,17)13(23)21-7-4-10(5-8-21)19-9-12(22)20-11-3-1-2-6-18-11/h4-6,9,13H,7-8,10-12H2,1-3H3,(H,23,24,27);1-3,6,10,19H,4-5,7-9H2,(H,18,20,22). The highest BCUT2D eigenvalue weighted by atomic mass is 19.4. The van der Waals surface area contributed by atoms with Crippen LogP contribution < -0.4 is 16.0 Å². The van der Waals surface area contributed by atoms with Crippen molar-refractivity contribution >= 4 is 41.4 Å². The fraction of sp³-hybridized carbons (Fsp3) is 0.545. The van der Waals surface area contributed by atoms with Gasteiger partial charge in [-0.05, 0) is 70.7 Å². The number of nitrogens with zero attached hydrogens (tertiary/aromatic N) is 5. The second kappa shape index (κ2) is 18.7. The molecule has 2 saturated heterocycles. The minimum absolute atomic E-state index is 0.0257. The molecule has 20 heteroatoms. The van der Waals surface area contributed by atoms with Crippen molar-refractivity contribution in [3.8, 4) is 0 Å². The minimum atomic E-state index is -4.94. The van der Waals surface area contributed by atoms with Crippen molar-refractivity contribution in [1.29, 1.82) is 0 Å². The average Bonchev–Trinajstić information content (AvgIpc) is 3.09. The number of carbonyl (C=O) groups excluding carboxylic acids is 5. The molecule has 4 heterocycles. The zero-order valence-corrected chi connectivity index (χ0v) is 29.3. The number of ether oxygens (including phenoxy) is 1. The van der Waals surface area contributed by atoms with E-state index in [9.17, 15) is 50.3 Å². The van der Waals surface area contributed by atoms with Gasteiger partial charge in [-0.2, -0.15) is 26.3 Å². The Hall–Kier alpha value is -5.01. The third kappa shape index (κ3) is 14.5.